The smallest absolute Gasteiger partial charge is 0.339 e. The zero-order valence-electron chi connectivity index (χ0n) is 17.3. The van der Waals surface area contributed by atoms with Crippen LogP contribution >= 0.6 is 0 Å². The Balaban J connectivity index is 1.54. The second kappa shape index (κ2) is 8.07. The number of carbonyl (C=O) groups is 3. The van der Waals surface area contributed by atoms with E-state index in [1.54, 1.807) is 49.4 Å². The molecule has 1 heterocycles. The molecular formula is C25H22N2O4. The molecule has 2 N–H and O–H groups in total. The van der Waals surface area contributed by atoms with E-state index in [0.717, 1.165) is 11.1 Å². The molecule has 2 amide bonds. The number of hydrogen-bond acceptors (Lipinski definition) is 4. The highest BCUT2D eigenvalue weighted by molar-refractivity contribution is 6.06. The molecule has 6 heteroatoms. The van der Waals surface area contributed by atoms with Crippen LogP contribution in [0.2, 0.25) is 0 Å². The molecule has 0 aliphatic carbocycles. The molecule has 1 aliphatic heterocycles. The van der Waals surface area contributed by atoms with Crippen molar-refractivity contribution in [1.82, 2.24) is 0 Å². The van der Waals surface area contributed by atoms with E-state index in [9.17, 15) is 14.4 Å². The minimum absolute atomic E-state index is 0.272. The molecule has 0 saturated carbocycles. The van der Waals surface area contributed by atoms with Crippen molar-refractivity contribution >= 4 is 29.2 Å². The summed E-state index contributed by atoms with van der Waals surface area (Å²) in [6.07, 6.45) is 0.272. The first-order valence-electron chi connectivity index (χ1n) is 9.95. The number of para-hydroxylation sites is 1. The predicted molar refractivity (Wildman–Crippen MR) is 118 cm³/mol. The molecule has 0 aromatic heterocycles. The first kappa shape index (κ1) is 20.3. The largest absolute Gasteiger partial charge is 0.445 e. The topological polar surface area (TPSA) is 84.5 Å². The molecule has 3 aromatic rings. The quantitative estimate of drug-likeness (QED) is 0.622. The summed E-state index contributed by atoms with van der Waals surface area (Å²) in [4.78, 5) is 38.1. The van der Waals surface area contributed by atoms with Crippen LogP contribution in [0.4, 0.5) is 11.4 Å². The van der Waals surface area contributed by atoms with E-state index in [1.165, 1.54) is 0 Å². The predicted octanol–water partition coefficient (Wildman–Crippen LogP) is 4.36. The van der Waals surface area contributed by atoms with Crippen LogP contribution in [-0.4, -0.2) is 23.4 Å². The van der Waals surface area contributed by atoms with E-state index >= 15 is 0 Å². The van der Waals surface area contributed by atoms with Gasteiger partial charge in [0.2, 0.25) is 0 Å². The van der Waals surface area contributed by atoms with Gasteiger partial charge in [0, 0.05) is 23.4 Å². The van der Waals surface area contributed by atoms with Crippen molar-refractivity contribution < 1.29 is 19.1 Å². The van der Waals surface area contributed by atoms with Gasteiger partial charge in [-0.3, -0.25) is 9.59 Å². The Morgan fingerprint density at radius 1 is 0.935 bits per heavy atom. The highest BCUT2D eigenvalue weighted by atomic mass is 16.6. The van der Waals surface area contributed by atoms with E-state index in [1.807, 2.05) is 37.3 Å². The van der Waals surface area contributed by atoms with Crippen molar-refractivity contribution in [3.05, 3.63) is 95.1 Å². The summed E-state index contributed by atoms with van der Waals surface area (Å²) in [6.45, 7) is 3.43. The Hall–Kier alpha value is -3.93. The zero-order valence-corrected chi connectivity index (χ0v) is 17.3. The van der Waals surface area contributed by atoms with E-state index in [-0.39, 0.29) is 12.3 Å². The van der Waals surface area contributed by atoms with Crippen LogP contribution < -0.4 is 10.6 Å². The van der Waals surface area contributed by atoms with Crippen LogP contribution in [0.15, 0.2) is 72.8 Å². The first-order valence-corrected chi connectivity index (χ1v) is 9.95. The molecule has 0 bridgehead atoms. The first-order chi connectivity index (χ1) is 14.9. The molecule has 1 aliphatic rings. The molecule has 3 aromatic carbocycles. The fraction of sp³-hybridized carbons (Fsp3) is 0.160. The Labute approximate surface area is 180 Å². The molecule has 0 saturated heterocycles. The van der Waals surface area contributed by atoms with Gasteiger partial charge in [-0.15, -0.1) is 0 Å². The summed E-state index contributed by atoms with van der Waals surface area (Å²) in [6, 6.07) is 21.3. The van der Waals surface area contributed by atoms with Crippen LogP contribution in [0.1, 0.15) is 38.8 Å². The lowest BCUT2D eigenvalue weighted by Crippen LogP contribution is -2.49. The second-order valence-corrected chi connectivity index (χ2v) is 7.76. The maximum atomic E-state index is 13.1. The average Bonchev–Trinajstić information content (AvgIpc) is 2.75. The third-order valence-electron chi connectivity index (χ3n) is 5.34. The van der Waals surface area contributed by atoms with Crippen LogP contribution in [0.3, 0.4) is 0 Å². The molecule has 1 atom stereocenters. The molecule has 4 rings (SSSR count). The van der Waals surface area contributed by atoms with Gasteiger partial charge in [-0.05, 0) is 55.3 Å². The zero-order chi connectivity index (χ0) is 22.0. The van der Waals surface area contributed by atoms with E-state index < -0.39 is 17.5 Å². The van der Waals surface area contributed by atoms with Gasteiger partial charge in [0.05, 0.1) is 5.56 Å². The number of cyclic esters (lactones) is 1. The summed E-state index contributed by atoms with van der Waals surface area (Å²) in [5.74, 6) is -1.25. The van der Waals surface area contributed by atoms with Gasteiger partial charge in [0.1, 0.15) is 0 Å². The van der Waals surface area contributed by atoms with Gasteiger partial charge in [-0.25, -0.2) is 4.79 Å². The number of amides is 2. The SMILES string of the molecule is Cc1ccc(C(=O)Nc2ccccc2)cc1NC(=O)C1(C)Cc2ccccc2C(=O)O1. The Bertz CT molecular complexity index is 1170. The second-order valence-electron chi connectivity index (χ2n) is 7.76. The standard InChI is InChI=1S/C25H22N2O4/c1-16-12-13-17(22(28)26-19-9-4-3-5-10-19)14-21(16)27-24(30)25(2)15-18-8-6-7-11-20(18)23(29)31-25/h3-14H,15H2,1-2H3,(H,26,28)(H,27,30). The third-order valence-corrected chi connectivity index (χ3v) is 5.34. The molecule has 0 radical (unpaired) electrons. The highest BCUT2D eigenvalue weighted by Crippen LogP contribution is 2.30. The summed E-state index contributed by atoms with van der Waals surface area (Å²) in [5.41, 5.74) is 2.25. The lowest BCUT2D eigenvalue weighted by Gasteiger charge is -2.33. The van der Waals surface area contributed by atoms with Crippen LogP contribution in [0, 0.1) is 6.92 Å². The number of fused-ring (bicyclic) bond motifs is 1. The fourth-order valence-corrected chi connectivity index (χ4v) is 3.54. The molecular weight excluding hydrogens is 392 g/mol. The van der Waals surface area contributed by atoms with E-state index in [2.05, 4.69) is 10.6 Å². The lowest BCUT2D eigenvalue weighted by molar-refractivity contribution is -0.134. The summed E-state index contributed by atoms with van der Waals surface area (Å²) in [7, 11) is 0. The number of esters is 1. The molecule has 0 fully saturated rings. The number of benzene rings is 3. The van der Waals surface area contributed by atoms with Gasteiger partial charge in [0.15, 0.2) is 5.60 Å². The fourth-order valence-electron chi connectivity index (χ4n) is 3.54. The van der Waals surface area contributed by atoms with Gasteiger partial charge < -0.3 is 15.4 Å². The van der Waals surface area contributed by atoms with Crippen molar-refractivity contribution in [3.63, 3.8) is 0 Å². The van der Waals surface area contributed by atoms with E-state index in [0.29, 0.717) is 22.5 Å². The number of hydrogen-bond donors (Lipinski definition) is 2. The molecule has 1 unspecified atom stereocenters. The van der Waals surface area contributed by atoms with Crippen molar-refractivity contribution in [2.45, 2.75) is 25.9 Å². The van der Waals surface area contributed by atoms with Gasteiger partial charge >= 0.3 is 5.97 Å². The van der Waals surface area contributed by atoms with Crippen LogP contribution in [0.25, 0.3) is 0 Å². The number of nitrogens with one attached hydrogen (secondary N) is 2. The Morgan fingerprint density at radius 3 is 2.42 bits per heavy atom. The number of aryl methyl sites for hydroxylation is 1. The Morgan fingerprint density at radius 2 is 1.65 bits per heavy atom. The normalized spacial score (nSPS) is 17.3. The average molecular weight is 414 g/mol. The molecule has 0 spiro atoms. The van der Waals surface area contributed by atoms with Gasteiger partial charge in [0.25, 0.3) is 11.8 Å². The van der Waals surface area contributed by atoms with Crippen molar-refractivity contribution in [2.24, 2.45) is 0 Å². The van der Waals surface area contributed by atoms with Crippen molar-refractivity contribution in [2.75, 3.05) is 10.6 Å². The minimum Gasteiger partial charge on any atom is -0.445 e. The maximum absolute atomic E-state index is 13.1. The van der Waals surface area contributed by atoms with Gasteiger partial charge in [-0.1, -0.05) is 42.5 Å². The number of ether oxygens (including phenoxy) is 1. The van der Waals surface area contributed by atoms with Crippen LogP contribution in [0.5, 0.6) is 0 Å². The minimum atomic E-state index is -1.35. The number of rotatable bonds is 4. The maximum Gasteiger partial charge on any atom is 0.339 e. The third kappa shape index (κ3) is 4.19. The summed E-state index contributed by atoms with van der Waals surface area (Å²) < 4.78 is 5.50. The lowest BCUT2D eigenvalue weighted by atomic mass is 9.89. The summed E-state index contributed by atoms with van der Waals surface area (Å²) >= 11 is 0. The monoisotopic (exact) mass is 414 g/mol. The van der Waals surface area contributed by atoms with Crippen molar-refractivity contribution in [3.8, 4) is 0 Å². The number of anilines is 2. The van der Waals surface area contributed by atoms with E-state index in [4.69, 9.17) is 4.74 Å². The Kier molecular flexibility index (Phi) is 5.29. The molecule has 31 heavy (non-hydrogen) atoms. The van der Waals surface area contributed by atoms with Crippen molar-refractivity contribution in [1.29, 1.82) is 0 Å². The highest BCUT2D eigenvalue weighted by Gasteiger charge is 2.42. The molecule has 6 nitrogen and oxygen atoms in total. The van der Waals surface area contributed by atoms with Crippen LogP contribution in [-0.2, 0) is 16.0 Å². The van der Waals surface area contributed by atoms with Gasteiger partial charge in [-0.2, -0.15) is 0 Å². The summed E-state index contributed by atoms with van der Waals surface area (Å²) in [5, 5.41) is 5.66. The number of carbonyl (C=O) groups excluding carboxylic acids is 3. The molecule has 156 valence electrons.